The lowest BCUT2D eigenvalue weighted by Crippen LogP contribution is -2.30. The van der Waals surface area contributed by atoms with Gasteiger partial charge in [-0.15, -0.1) is 11.3 Å². The number of anilines is 1. The van der Waals surface area contributed by atoms with Crippen LogP contribution in [0.5, 0.6) is 0 Å². The quantitative estimate of drug-likeness (QED) is 0.616. The molecular weight excluding hydrogens is 260 g/mol. The molecule has 0 aromatic carbocycles. The van der Waals surface area contributed by atoms with Crippen LogP contribution in [0.3, 0.4) is 0 Å². The van der Waals surface area contributed by atoms with E-state index in [9.17, 15) is 4.79 Å². The van der Waals surface area contributed by atoms with Gasteiger partial charge in [0.2, 0.25) is 0 Å². The number of aromatic nitrogens is 1. The van der Waals surface area contributed by atoms with E-state index < -0.39 is 5.41 Å². The third-order valence-corrected chi connectivity index (χ3v) is 4.40. The number of nitrogens with one attached hydrogen (secondary N) is 1. The predicted octanol–water partition coefficient (Wildman–Crippen LogP) is 3.20. The molecule has 106 valence electrons. The molecule has 1 N–H and O–H groups in total. The van der Waals surface area contributed by atoms with Gasteiger partial charge in [-0.2, -0.15) is 0 Å². The van der Waals surface area contributed by atoms with Crippen LogP contribution in [-0.4, -0.2) is 24.6 Å². The van der Waals surface area contributed by atoms with Crippen LogP contribution in [0.15, 0.2) is 5.38 Å². The molecule has 1 fully saturated rings. The van der Waals surface area contributed by atoms with Crippen molar-refractivity contribution in [1.29, 1.82) is 0 Å². The molecule has 19 heavy (non-hydrogen) atoms. The minimum atomic E-state index is -0.681. The molecule has 5 heteroatoms. The molecule has 1 aliphatic carbocycles. The maximum Gasteiger partial charge on any atom is 0.317 e. The van der Waals surface area contributed by atoms with Crippen LogP contribution in [0.1, 0.15) is 45.2 Å². The van der Waals surface area contributed by atoms with Gasteiger partial charge >= 0.3 is 5.97 Å². The van der Waals surface area contributed by atoms with E-state index in [1.807, 2.05) is 19.2 Å². The summed E-state index contributed by atoms with van der Waals surface area (Å²) in [6.07, 6.45) is 5.34. The molecule has 1 aromatic rings. The average Bonchev–Trinajstić information content (AvgIpc) is 3.09. The first kappa shape index (κ1) is 14.3. The van der Waals surface area contributed by atoms with E-state index in [1.54, 1.807) is 11.3 Å². The van der Waals surface area contributed by atoms with Crippen molar-refractivity contribution in [2.45, 2.75) is 44.9 Å². The van der Waals surface area contributed by atoms with Gasteiger partial charge in [-0.05, 0) is 32.6 Å². The van der Waals surface area contributed by atoms with Crippen molar-refractivity contribution in [1.82, 2.24) is 4.98 Å². The topological polar surface area (TPSA) is 51.2 Å². The third-order valence-electron chi connectivity index (χ3n) is 3.60. The van der Waals surface area contributed by atoms with E-state index in [4.69, 9.17) is 4.74 Å². The van der Waals surface area contributed by atoms with Gasteiger partial charge in [-0.1, -0.05) is 12.8 Å². The van der Waals surface area contributed by atoms with Gasteiger partial charge in [0.25, 0.3) is 0 Å². The summed E-state index contributed by atoms with van der Waals surface area (Å²) in [5.74, 6) is 0.727. The molecule has 1 aliphatic rings. The van der Waals surface area contributed by atoms with Crippen LogP contribution >= 0.6 is 11.3 Å². The van der Waals surface area contributed by atoms with Gasteiger partial charge in [0.15, 0.2) is 5.13 Å². The first-order valence-electron chi connectivity index (χ1n) is 6.82. The van der Waals surface area contributed by atoms with Crippen molar-refractivity contribution in [2.24, 2.45) is 5.92 Å². The number of thiazole rings is 1. The second-order valence-corrected chi connectivity index (χ2v) is 6.52. The smallest absolute Gasteiger partial charge is 0.317 e. The summed E-state index contributed by atoms with van der Waals surface area (Å²) in [4.78, 5) is 16.2. The van der Waals surface area contributed by atoms with Crippen molar-refractivity contribution in [3.8, 4) is 0 Å². The SMILES string of the molecule is COC(=O)C(C)(C)c1csc(NCCCC2CC2)n1. The number of nitrogens with zero attached hydrogens (tertiary/aromatic N) is 1. The highest BCUT2D eigenvalue weighted by Gasteiger charge is 2.33. The van der Waals surface area contributed by atoms with Crippen molar-refractivity contribution >= 4 is 22.4 Å². The summed E-state index contributed by atoms with van der Waals surface area (Å²) in [5, 5.41) is 6.15. The number of esters is 1. The Balaban J connectivity index is 1.85. The van der Waals surface area contributed by atoms with Gasteiger partial charge in [0.1, 0.15) is 5.41 Å². The predicted molar refractivity (Wildman–Crippen MR) is 77.6 cm³/mol. The highest BCUT2D eigenvalue weighted by molar-refractivity contribution is 7.13. The molecule has 0 unspecified atom stereocenters. The summed E-state index contributed by atoms with van der Waals surface area (Å²) >= 11 is 1.55. The van der Waals surface area contributed by atoms with Gasteiger partial charge in [0, 0.05) is 11.9 Å². The molecule has 0 spiro atoms. The maximum absolute atomic E-state index is 11.7. The van der Waals surface area contributed by atoms with E-state index in [0.29, 0.717) is 0 Å². The monoisotopic (exact) mass is 282 g/mol. The Morgan fingerprint density at radius 3 is 2.95 bits per heavy atom. The van der Waals surface area contributed by atoms with Gasteiger partial charge in [-0.25, -0.2) is 4.98 Å². The van der Waals surface area contributed by atoms with Crippen LogP contribution in [0.25, 0.3) is 0 Å². The largest absolute Gasteiger partial charge is 0.468 e. The lowest BCUT2D eigenvalue weighted by Gasteiger charge is -2.18. The Morgan fingerprint density at radius 1 is 1.58 bits per heavy atom. The number of carbonyl (C=O) groups excluding carboxylic acids is 1. The maximum atomic E-state index is 11.7. The van der Waals surface area contributed by atoms with Crippen LogP contribution < -0.4 is 5.32 Å². The van der Waals surface area contributed by atoms with Crippen molar-refractivity contribution in [2.75, 3.05) is 19.0 Å². The molecule has 0 amide bonds. The third kappa shape index (κ3) is 3.69. The number of hydrogen-bond donors (Lipinski definition) is 1. The summed E-state index contributed by atoms with van der Waals surface area (Å²) in [7, 11) is 1.41. The highest BCUT2D eigenvalue weighted by Crippen LogP contribution is 2.33. The molecule has 1 heterocycles. The molecule has 0 aliphatic heterocycles. The lowest BCUT2D eigenvalue weighted by atomic mass is 9.90. The zero-order chi connectivity index (χ0) is 13.9. The van der Waals surface area contributed by atoms with E-state index in [1.165, 1.54) is 32.8 Å². The fraction of sp³-hybridized carbons (Fsp3) is 0.714. The molecule has 1 saturated carbocycles. The number of methoxy groups -OCH3 is 1. The molecule has 0 saturated heterocycles. The molecule has 1 aromatic heterocycles. The number of rotatable bonds is 7. The summed E-state index contributed by atoms with van der Waals surface area (Å²) < 4.78 is 4.82. The van der Waals surface area contributed by atoms with E-state index in [2.05, 4.69) is 10.3 Å². The minimum Gasteiger partial charge on any atom is -0.468 e. The Labute approximate surface area is 118 Å². The van der Waals surface area contributed by atoms with Crippen LogP contribution in [0.4, 0.5) is 5.13 Å². The van der Waals surface area contributed by atoms with E-state index in [0.717, 1.165) is 23.3 Å². The Hall–Kier alpha value is -1.10. The summed E-state index contributed by atoms with van der Waals surface area (Å²) in [6, 6.07) is 0. The van der Waals surface area contributed by atoms with E-state index >= 15 is 0 Å². The second-order valence-electron chi connectivity index (χ2n) is 5.67. The van der Waals surface area contributed by atoms with E-state index in [-0.39, 0.29) is 5.97 Å². The van der Waals surface area contributed by atoms with Crippen LogP contribution in [0, 0.1) is 5.92 Å². The van der Waals surface area contributed by atoms with Crippen molar-refractivity contribution < 1.29 is 9.53 Å². The average molecular weight is 282 g/mol. The second kappa shape index (κ2) is 5.90. The fourth-order valence-electron chi connectivity index (χ4n) is 1.99. The van der Waals surface area contributed by atoms with Gasteiger partial charge < -0.3 is 10.1 Å². The Bertz CT molecular complexity index is 438. The molecule has 0 atom stereocenters. The molecule has 0 bridgehead atoms. The van der Waals surface area contributed by atoms with Gasteiger partial charge in [-0.3, -0.25) is 4.79 Å². The molecule has 2 rings (SSSR count). The summed E-state index contributed by atoms with van der Waals surface area (Å²) in [6.45, 7) is 4.64. The summed E-state index contributed by atoms with van der Waals surface area (Å²) in [5.41, 5.74) is 0.0909. The first-order valence-corrected chi connectivity index (χ1v) is 7.70. The number of carbonyl (C=O) groups is 1. The van der Waals surface area contributed by atoms with Gasteiger partial charge in [0.05, 0.1) is 12.8 Å². The number of hydrogen-bond acceptors (Lipinski definition) is 5. The Morgan fingerprint density at radius 2 is 2.32 bits per heavy atom. The minimum absolute atomic E-state index is 0.252. The van der Waals surface area contributed by atoms with Crippen molar-refractivity contribution in [3.63, 3.8) is 0 Å². The fourth-order valence-corrected chi connectivity index (χ4v) is 2.90. The zero-order valence-corrected chi connectivity index (χ0v) is 12.7. The Kier molecular flexibility index (Phi) is 4.45. The first-order chi connectivity index (χ1) is 9.04. The zero-order valence-electron chi connectivity index (χ0n) is 11.9. The molecular formula is C14H22N2O2S. The molecule has 4 nitrogen and oxygen atoms in total. The standard InChI is InChI=1S/C14H22N2O2S/c1-14(2,12(17)18-3)11-9-19-13(16-11)15-8-4-5-10-6-7-10/h9-10H,4-8H2,1-3H3,(H,15,16). The lowest BCUT2D eigenvalue weighted by molar-refractivity contribution is -0.146. The van der Waals surface area contributed by atoms with Crippen LogP contribution in [0.2, 0.25) is 0 Å². The van der Waals surface area contributed by atoms with Crippen molar-refractivity contribution in [3.05, 3.63) is 11.1 Å². The highest BCUT2D eigenvalue weighted by atomic mass is 32.1. The normalized spacial score (nSPS) is 15.3. The number of ether oxygens (including phenoxy) is 1. The van der Waals surface area contributed by atoms with Crippen LogP contribution in [-0.2, 0) is 14.9 Å². The molecule has 0 radical (unpaired) electrons.